The molecule has 0 radical (unpaired) electrons. The first-order valence-corrected chi connectivity index (χ1v) is 8.39. The summed E-state index contributed by atoms with van der Waals surface area (Å²) in [6, 6.07) is 0. The van der Waals surface area contributed by atoms with Gasteiger partial charge in [0.15, 0.2) is 0 Å². The first-order valence-electron chi connectivity index (χ1n) is 5.42. The molecule has 0 saturated heterocycles. The Labute approximate surface area is 94.1 Å². The summed E-state index contributed by atoms with van der Waals surface area (Å²) in [6.07, 6.45) is 2.22. The van der Waals surface area contributed by atoms with E-state index < -0.39 is 8.80 Å². The van der Waals surface area contributed by atoms with Crippen LogP contribution in [0.25, 0.3) is 0 Å². The van der Waals surface area contributed by atoms with Crippen LogP contribution < -0.4 is 0 Å². The van der Waals surface area contributed by atoms with E-state index in [9.17, 15) is 4.79 Å². The molecule has 0 saturated carbocycles. The molecule has 3 nitrogen and oxygen atoms in total. The van der Waals surface area contributed by atoms with Crippen molar-refractivity contribution in [1.82, 2.24) is 0 Å². The summed E-state index contributed by atoms with van der Waals surface area (Å²) in [5.74, 6) is -0.358. The number of hydrogen-bond acceptors (Lipinski definition) is 3. The lowest BCUT2D eigenvalue weighted by molar-refractivity contribution is -0.138. The fourth-order valence-electron chi connectivity index (χ4n) is 1.24. The largest absolute Gasteiger partial charge is 0.462 e. The van der Waals surface area contributed by atoms with Gasteiger partial charge in [-0.3, -0.25) is 0 Å². The molecule has 4 heteroatoms. The van der Waals surface area contributed by atoms with E-state index in [1.165, 1.54) is 6.08 Å². The summed E-state index contributed by atoms with van der Waals surface area (Å²) in [5.41, 5.74) is 0.280. The zero-order valence-corrected chi connectivity index (χ0v) is 11.3. The minimum absolute atomic E-state index is 0.236. The third-order valence-electron chi connectivity index (χ3n) is 2.00. The first-order chi connectivity index (χ1) is 6.97. The van der Waals surface area contributed by atoms with Gasteiger partial charge in [-0.25, -0.2) is 4.79 Å². The highest BCUT2D eigenvalue weighted by molar-refractivity contribution is 6.57. The quantitative estimate of drug-likeness (QED) is 0.381. The average molecular weight is 230 g/mol. The molecule has 1 atom stereocenters. The van der Waals surface area contributed by atoms with Crippen molar-refractivity contribution in [2.24, 2.45) is 0 Å². The van der Waals surface area contributed by atoms with Crippen LogP contribution in [0.2, 0.25) is 13.1 Å². The van der Waals surface area contributed by atoms with Crippen LogP contribution in [-0.4, -0.2) is 33.2 Å². The van der Waals surface area contributed by atoms with E-state index in [2.05, 4.69) is 19.7 Å². The van der Waals surface area contributed by atoms with E-state index >= 15 is 0 Å². The van der Waals surface area contributed by atoms with E-state index in [1.807, 2.05) is 13.8 Å². The average Bonchev–Trinajstić information content (AvgIpc) is 2.15. The number of carbonyl (C=O) groups excluding carboxylic acids is 1. The van der Waals surface area contributed by atoms with Gasteiger partial charge in [0, 0.05) is 18.2 Å². The number of hydrogen-bond donors (Lipinski definition) is 0. The van der Waals surface area contributed by atoms with Gasteiger partial charge in [-0.1, -0.05) is 19.7 Å². The normalized spacial score (nSPS) is 12.9. The van der Waals surface area contributed by atoms with Crippen LogP contribution in [0, 0.1) is 0 Å². The Bertz CT molecular complexity index is 202. The lowest BCUT2D eigenvalue weighted by atomic mass is 10.4. The summed E-state index contributed by atoms with van der Waals surface area (Å²) >= 11 is 0. The fourth-order valence-corrected chi connectivity index (χ4v) is 2.67. The van der Waals surface area contributed by atoms with Gasteiger partial charge >= 0.3 is 5.97 Å². The maximum absolute atomic E-state index is 10.8. The Balaban J connectivity index is 3.86. The zero-order valence-electron chi connectivity index (χ0n) is 10.2. The topological polar surface area (TPSA) is 35.5 Å². The Morgan fingerprint density at radius 2 is 2.07 bits per heavy atom. The maximum Gasteiger partial charge on any atom is 0.330 e. The zero-order chi connectivity index (χ0) is 11.8. The van der Waals surface area contributed by atoms with Crippen LogP contribution >= 0.6 is 0 Å². The molecule has 0 aromatic heterocycles. The molecular formula is C11H22O3Si. The van der Waals surface area contributed by atoms with E-state index in [1.54, 1.807) is 0 Å². The third-order valence-corrected chi connectivity index (χ3v) is 3.98. The van der Waals surface area contributed by atoms with E-state index in [0.717, 1.165) is 6.42 Å². The standard InChI is InChI=1S/C11H22O3Si/c1-6-10(12)13-8-7-11(15(4)5)14-9(2)3/h6,9,11,15H,1,7-8H2,2-5H3. The molecule has 1 unspecified atom stereocenters. The van der Waals surface area contributed by atoms with Crippen LogP contribution in [0.1, 0.15) is 20.3 Å². The number of ether oxygens (including phenoxy) is 2. The van der Waals surface area contributed by atoms with Gasteiger partial charge in [-0.05, 0) is 13.8 Å². The summed E-state index contributed by atoms with van der Waals surface area (Å²) in [4.78, 5) is 10.8. The smallest absolute Gasteiger partial charge is 0.330 e. The molecule has 0 N–H and O–H groups in total. The Morgan fingerprint density at radius 3 is 2.47 bits per heavy atom. The van der Waals surface area contributed by atoms with Crippen LogP contribution in [0.15, 0.2) is 12.7 Å². The van der Waals surface area contributed by atoms with E-state index in [0.29, 0.717) is 6.61 Å². The maximum atomic E-state index is 10.8. The molecule has 0 aliphatic heterocycles. The first kappa shape index (κ1) is 14.4. The van der Waals surface area contributed by atoms with Crippen molar-refractivity contribution in [3.8, 4) is 0 Å². The number of rotatable bonds is 7. The van der Waals surface area contributed by atoms with Crippen molar-refractivity contribution >= 4 is 14.8 Å². The molecule has 0 aromatic rings. The second-order valence-electron chi connectivity index (χ2n) is 4.13. The van der Waals surface area contributed by atoms with E-state index in [-0.39, 0.29) is 17.8 Å². The molecule has 0 aliphatic rings. The summed E-state index contributed by atoms with van der Waals surface area (Å²) < 4.78 is 10.7. The predicted octanol–water partition coefficient (Wildman–Crippen LogP) is 1.93. The minimum Gasteiger partial charge on any atom is -0.462 e. The molecule has 0 fully saturated rings. The summed E-state index contributed by atoms with van der Waals surface area (Å²) in [5, 5.41) is 0. The molecule has 15 heavy (non-hydrogen) atoms. The highest BCUT2D eigenvalue weighted by atomic mass is 28.3. The van der Waals surface area contributed by atoms with Crippen LogP contribution in [0.4, 0.5) is 0 Å². The van der Waals surface area contributed by atoms with Crippen molar-refractivity contribution in [2.45, 2.75) is 45.2 Å². The molecular weight excluding hydrogens is 208 g/mol. The molecule has 0 spiro atoms. The summed E-state index contributed by atoms with van der Waals surface area (Å²) in [7, 11) is -0.853. The molecule has 0 rings (SSSR count). The lowest BCUT2D eigenvalue weighted by Gasteiger charge is -2.22. The highest BCUT2D eigenvalue weighted by Crippen LogP contribution is 2.07. The van der Waals surface area contributed by atoms with Gasteiger partial charge in [-0.15, -0.1) is 0 Å². The highest BCUT2D eigenvalue weighted by Gasteiger charge is 2.16. The van der Waals surface area contributed by atoms with Gasteiger partial charge in [0.05, 0.1) is 21.5 Å². The van der Waals surface area contributed by atoms with Crippen molar-refractivity contribution in [2.75, 3.05) is 6.61 Å². The monoisotopic (exact) mass is 230 g/mol. The number of carbonyl (C=O) groups is 1. The Hall–Kier alpha value is -0.613. The number of esters is 1. The van der Waals surface area contributed by atoms with Crippen molar-refractivity contribution in [3.05, 3.63) is 12.7 Å². The van der Waals surface area contributed by atoms with Crippen molar-refractivity contribution < 1.29 is 14.3 Å². The summed E-state index contributed by atoms with van der Waals surface area (Å²) in [6.45, 7) is 12.3. The fraction of sp³-hybridized carbons (Fsp3) is 0.727. The second kappa shape index (κ2) is 7.65. The van der Waals surface area contributed by atoms with Crippen molar-refractivity contribution in [1.29, 1.82) is 0 Å². The van der Waals surface area contributed by atoms with Gasteiger partial charge < -0.3 is 9.47 Å². The second-order valence-corrected chi connectivity index (χ2v) is 7.36. The van der Waals surface area contributed by atoms with E-state index in [4.69, 9.17) is 9.47 Å². The molecule has 88 valence electrons. The Kier molecular flexibility index (Phi) is 7.34. The van der Waals surface area contributed by atoms with Crippen LogP contribution in [0.5, 0.6) is 0 Å². The van der Waals surface area contributed by atoms with Gasteiger partial charge in [0.2, 0.25) is 0 Å². The van der Waals surface area contributed by atoms with Gasteiger partial charge in [0.1, 0.15) is 0 Å². The van der Waals surface area contributed by atoms with Gasteiger partial charge in [-0.2, -0.15) is 0 Å². The van der Waals surface area contributed by atoms with Gasteiger partial charge in [0.25, 0.3) is 0 Å². The molecule has 0 heterocycles. The molecule has 0 aromatic carbocycles. The minimum atomic E-state index is -0.853. The van der Waals surface area contributed by atoms with Crippen LogP contribution in [0.3, 0.4) is 0 Å². The molecule has 0 aliphatic carbocycles. The third kappa shape index (κ3) is 7.33. The van der Waals surface area contributed by atoms with Crippen LogP contribution in [-0.2, 0) is 14.3 Å². The SMILES string of the molecule is C=CC(=O)OCCC(OC(C)C)[SiH](C)C. The lowest BCUT2D eigenvalue weighted by Crippen LogP contribution is -2.32. The predicted molar refractivity (Wildman–Crippen MR) is 64.7 cm³/mol. The molecule has 0 bridgehead atoms. The molecule has 0 amide bonds. The van der Waals surface area contributed by atoms with Crippen molar-refractivity contribution in [3.63, 3.8) is 0 Å². The Morgan fingerprint density at radius 1 is 1.47 bits per heavy atom.